The van der Waals surface area contributed by atoms with Crippen molar-refractivity contribution in [3.05, 3.63) is 16.0 Å². The van der Waals surface area contributed by atoms with Crippen LogP contribution in [0.25, 0.3) is 0 Å². The van der Waals surface area contributed by atoms with Crippen molar-refractivity contribution >= 4 is 34.9 Å². The van der Waals surface area contributed by atoms with Crippen LogP contribution in [0.2, 0.25) is 10.0 Å². The molecule has 5 nitrogen and oxygen atoms in total. The zero-order valence-corrected chi connectivity index (χ0v) is 9.51. The molecule has 0 radical (unpaired) electrons. The molecule has 0 aliphatic carbocycles. The van der Waals surface area contributed by atoms with Crippen LogP contribution in [0.15, 0.2) is 0 Å². The number of ether oxygens (including phenoxy) is 1. The second-order valence-electron chi connectivity index (χ2n) is 2.85. The van der Waals surface area contributed by atoms with Gasteiger partial charge in [0.05, 0.1) is 5.69 Å². The summed E-state index contributed by atoms with van der Waals surface area (Å²) in [6.45, 7) is 1.24. The first kappa shape index (κ1) is 12.8. The van der Waals surface area contributed by atoms with Gasteiger partial charge in [0, 0.05) is 0 Å². The van der Waals surface area contributed by atoms with Gasteiger partial charge in [-0.1, -0.05) is 23.2 Å². The first-order valence-electron chi connectivity index (χ1n) is 4.04. The van der Waals surface area contributed by atoms with Crippen LogP contribution in [0.5, 0.6) is 5.88 Å². The molecule has 0 aliphatic heterocycles. The summed E-state index contributed by atoms with van der Waals surface area (Å²) in [6.07, 6.45) is -1.23. The molecule has 1 aromatic rings. The molecule has 1 rings (SSSR count). The van der Waals surface area contributed by atoms with Crippen LogP contribution in [0.3, 0.4) is 0 Å². The summed E-state index contributed by atoms with van der Waals surface area (Å²) in [5.41, 5.74) is 5.12. The number of anilines is 1. The fraction of sp³-hybridized carbons (Fsp3) is 0.250. The fourth-order valence-corrected chi connectivity index (χ4v) is 1.17. The van der Waals surface area contributed by atoms with Crippen LogP contribution in [0.1, 0.15) is 6.92 Å². The number of hydrogen-bond donors (Lipinski definition) is 2. The van der Waals surface area contributed by atoms with Crippen LogP contribution in [0, 0.1) is 5.95 Å². The predicted molar refractivity (Wildman–Crippen MR) is 56.4 cm³/mol. The molecule has 1 atom stereocenters. The van der Waals surface area contributed by atoms with E-state index in [0.29, 0.717) is 0 Å². The zero-order valence-electron chi connectivity index (χ0n) is 8.00. The van der Waals surface area contributed by atoms with Crippen LogP contribution in [-0.2, 0) is 4.79 Å². The van der Waals surface area contributed by atoms with Gasteiger partial charge in [0.15, 0.2) is 6.10 Å². The number of nitrogen functional groups attached to an aromatic ring is 1. The third-order valence-corrected chi connectivity index (χ3v) is 2.40. The second-order valence-corrected chi connectivity index (χ2v) is 3.60. The number of aromatic nitrogens is 1. The molecule has 0 fully saturated rings. The summed E-state index contributed by atoms with van der Waals surface area (Å²) < 4.78 is 17.9. The average molecular weight is 269 g/mol. The standard InChI is InChI=1S/C8H7Cl2FN2O3/c1-2(8(14)15)16-7-4(10)5(12)3(9)6(11)13-7/h2H,1H3,(H2,12,13)(H,14,15)/t2-/m0/s1. The molecular formula is C8H7Cl2FN2O3. The van der Waals surface area contributed by atoms with Gasteiger partial charge in [-0.3, -0.25) is 0 Å². The van der Waals surface area contributed by atoms with E-state index in [4.69, 9.17) is 38.8 Å². The molecule has 3 N–H and O–H groups in total. The van der Waals surface area contributed by atoms with Gasteiger partial charge >= 0.3 is 5.97 Å². The Hall–Kier alpha value is -1.27. The lowest BCUT2D eigenvalue weighted by Gasteiger charge is -2.12. The number of nitrogens with two attached hydrogens (primary N) is 1. The topological polar surface area (TPSA) is 85.4 Å². The van der Waals surface area contributed by atoms with E-state index in [0.717, 1.165) is 0 Å². The minimum atomic E-state index is -1.24. The highest BCUT2D eigenvalue weighted by atomic mass is 35.5. The SMILES string of the molecule is C[C@H](Oc1nc(F)c(Cl)c(N)c1Cl)C(=O)O. The van der Waals surface area contributed by atoms with Gasteiger partial charge < -0.3 is 15.6 Å². The normalized spacial score (nSPS) is 12.2. The van der Waals surface area contributed by atoms with Crippen molar-refractivity contribution in [3.8, 4) is 5.88 Å². The maximum atomic E-state index is 13.1. The lowest BCUT2D eigenvalue weighted by Crippen LogP contribution is -2.23. The minimum absolute atomic E-state index is 0.223. The molecular weight excluding hydrogens is 262 g/mol. The molecule has 0 aliphatic rings. The van der Waals surface area contributed by atoms with Gasteiger partial charge in [0.25, 0.3) is 0 Å². The first-order valence-corrected chi connectivity index (χ1v) is 4.79. The molecule has 0 unspecified atom stereocenters. The van der Waals surface area contributed by atoms with Crippen LogP contribution < -0.4 is 10.5 Å². The number of hydrogen-bond acceptors (Lipinski definition) is 4. The number of carbonyl (C=O) groups is 1. The summed E-state index contributed by atoms with van der Waals surface area (Å²) in [6, 6.07) is 0. The quantitative estimate of drug-likeness (QED) is 0.819. The van der Waals surface area contributed by atoms with E-state index in [1.165, 1.54) is 6.92 Å². The number of carboxylic acids is 1. The largest absolute Gasteiger partial charge is 0.479 e. The Kier molecular flexibility index (Phi) is 3.77. The summed E-state index contributed by atoms with van der Waals surface area (Å²) >= 11 is 11.1. The highest BCUT2D eigenvalue weighted by Gasteiger charge is 2.20. The Balaban J connectivity index is 3.11. The minimum Gasteiger partial charge on any atom is -0.479 e. The van der Waals surface area contributed by atoms with E-state index in [2.05, 4.69) is 4.98 Å². The van der Waals surface area contributed by atoms with Gasteiger partial charge in [-0.2, -0.15) is 9.37 Å². The number of aliphatic carboxylic acids is 1. The van der Waals surface area contributed by atoms with Crippen molar-refractivity contribution in [2.45, 2.75) is 13.0 Å². The first-order chi connectivity index (χ1) is 7.34. The monoisotopic (exact) mass is 268 g/mol. The Labute approximate surface area is 99.9 Å². The molecule has 0 amide bonds. The summed E-state index contributed by atoms with van der Waals surface area (Å²) in [5.74, 6) is -2.72. The molecule has 0 bridgehead atoms. The van der Waals surface area contributed by atoms with Crippen molar-refractivity contribution in [1.82, 2.24) is 4.98 Å². The Morgan fingerprint density at radius 1 is 1.56 bits per heavy atom. The highest BCUT2D eigenvalue weighted by molar-refractivity contribution is 6.39. The van der Waals surface area contributed by atoms with Gasteiger partial charge in [-0.25, -0.2) is 4.79 Å². The predicted octanol–water partition coefficient (Wildman–Crippen LogP) is 1.96. The van der Waals surface area contributed by atoms with E-state index < -0.39 is 28.9 Å². The molecule has 8 heteroatoms. The van der Waals surface area contributed by atoms with Crippen molar-refractivity contribution in [1.29, 1.82) is 0 Å². The van der Waals surface area contributed by atoms with Crippen molar-refractivity contribution < 1.29 is 19.0 Å². The molecule has 0 saturated carbocycles. The van der Waals surface area contributed by atoms with Gasteiger partial charge in [0.1, 0.15) is 10.0 Å². The second kappa shape index (κ2) is 4.71. The summed E-state index contributed by atoms with van der Waals surface area (Å²) in [4.78, 5) is 13.8. The van der Waals surface area contributed by atoms with E-state index >= 15 is 0 Å². The van der Waals surface area contributed by atoms with Crippen molar-refractivity contribution in [2.75, 3.05) is 5.73 Å². The third-order valence-electron chi connectivity index (χ3n) is 1.68. The maximum absolute atomic E-state index is 13.1. The molecule has 16 heavy (non-hydrogen) atoms. The third kappa shape index (κ3) is 2.45. The molecule has 1 aromatic heterocycles. The van der Waals surface area contributed by atoms with Gasteiger partial charge in [-0.05, 0) is 6.92 Å². The number of pyridine rings is 1. The lowest BCUT2D eigenvalue weighted by atomic mass is 10.4. The average Bonchev–Trinajstić information content (AvgIpc) is 2.22. The molecule has 1 heterocycles. The smallest absolute Gasteiger partial charge is 0.344 e. The Morgan fingerprint density at radius 2 is 2.12 bits per heavy atom. The van der Waals surface area contributed by atoms with E-state index in [9.17, 15) is 9.18 Å². The molecule has 0 saturated heterocycles. The number of rotatable bonds is 3. The number of nitrogens with zero attached hydrogens (tertiary/aromatic N) is 1. The molecule has 0 spiro atoms. The van der Waals surface area contributed by atoms with Crippen LogP contribution >= 0.6 is 23.2 Å². The van der Waals surface area contributed by atoms with Crippen LogP contribution in [0.4, 0.5) is 10.1 Å². The Morgan fingerprint density at radius 3 is 2.62 bits per heavy atom. The number of halogens is 3. The number of carboxylic acid groups (broad SMARTS) is 1. The Bertz CT molecular complexity index is 442. The van der Waals surface area contributed by atoms with E-state index in [1.807, 2.05) is 0 Å². The van der Waals surface area contributed by atoms with Crippen LogP contribution in [-0.4, -0.2) is 22.2 Å². The highest BCUT2D eigenvalue weighted by Crippen LogP contribution is 2.35. The van der Waals surface area contributed by atoms with Gasteiger partial charge in [0.2, 0.25) is 11.8 Å². The fourth-order valence-electron chi connectivity index (χ4n) is 0.806. The van der Waals surface area contributed by atoms with Crippen molar-refractivity contribution in [2.24, 2.45) is 0 Å². The lowest BCUT2D eigenvalue weighted by molar-refractivity contribution is -0.144. The zero-order chi connectivity index (χ0) is 12.5. The molecule has 88 valence electrons. The van der Waals surface area contributed by atoms with E-state index in [1.54, 1.807) is 0 Å². The van der Waals surface area contributed by atoms with Gasteiger partial charge in [-0.15, -0.1) is 0 Å². The summed E-state index contributed by atoms with van der Waals surface area (Å²) in [5, 5.41) is 7.93. The van der Waals surface area contributed by atoms with Crippen molar-refractivity contribution in [3.63, 3.8) is 0 Å². The summed E-state index contributed by atoms with van der Waals surface area (Å²) in [7, 11) is 0. The maximum Gasteiger partial charge on any atom is 0.344 e. The van der Waals surface area contributed by atoms with E-state index in [-0.39, 0.29) is 10.7 Å². The molecule has 0 aromatic carbocycles.